The van der Waals surface area contributed by atoms with Gasteiger partial charge in [0.05, 0.1) is 11.3 Å². The summed E-state index contributed by atoms with van der Waals surface area (Å²) in [6, 6.07) is 3.66. The molecule has 1 aromatic heterocycles. The maximum Gasteiger partial charge on any atom is 0.416 e. The molecule has 0 radical (unpaired) electrons. The molecule has 1 nitrogen and oxygen atoms in total. The van der Waals surface area contributed by atoms with Crippen molar-refractivity contribution in [2.45, 2.75) is 13.1 Å². The van der Waals surface area contributed by atoms with Crippen molar-refractivity contribution in [2.24, 2.45) is 0 Å². The quantitative estimate of drug-likeness (QED) is 0.533. The number of aromatic nitrogens is 1. The summed E-state index contributed by atoms with van der Waals surface area (Å²) in [5.74, 6) is -2.38. The van der Waals surface area contributed by atoms with Crippen LogP contribution in [0.4, 0.5) is 22.0 Å². The van der Waals surface area contributed by atoms with Crippen LogP contribution in [-0.4, -0.2) is 4.98 Å². The van der Waals surface area contributed by atoms with Crippen LogP contribution in [0.25, 0.3) is 11.3 Å². The summed E-state index contributed by atoms with van der Waals surface area (Å²) in [6.07, 6.45) is -4.65. The summed E-state index contributed by atoms with van der Waals surface area (Å²) in [5.41, 5.74) is -1.78. The summed E-state index contributed by atoms with van der Waals surface area (Å²) in [7, 11) is 0. The predicted octanol–water partition coefficient (Wildman–Crippen LogP) is 5.01. The molecular formula is C13H7ClF5N. The average molecular weight is 308 g/mol. The zero-order valence-electron chi connectivity index (χ0n) is 10.0. The highest BCUT2D eigenvalue weighted by molar-refractivity contribution is 6.29. The molecule has 0 N–H and O–H groups in total. The van der Waals surface area contributed by atoms with Gasteiger partial charge in [-0.25, -0.2) is 13.8 Å². The summed E-state index contributed by atoms with van der Waals surface area (Å²) >= 11 is 5.50. The first kappa shape index (κ1) is 14.7. The van der Waals surface area contributed by atoms with Crippen LogP contribution in [0, 0.1) is 18.6 Å². The SMILES string of the molecule is Cc1ccc(-c2cc(C(F)(F)F)cc(Cl)n2)c(F)c1F. The Labute approximate surface area is 116 Å². The third kappa shape index (κ3) is 2.75. The Bertz CT molecular complexity index is 667. The Morgan fingerprint density at radius 2 is 1.70 bits per heavy atom. The van der Waals surface area contributed by atoms with Crippen molar-refractivity contribution in [1.82, 2.24) is 4.98 Å². The van der Waals surface area contributed by atoms with Gasteiger partial charge in [0.2, 0.25) is 0 Å². The minimum atomic E-state index is -4.65. The average Bonchev–Trinajstić information content (AvgIpc) is 2.34. The van der Waals surface area contributed by atoms with Crippen LogP contribution in [0.15, 0.2) is 24.3 Å². The lowest BCUT2D eigenvalue weighted by molar-refractivity contribution is -0.137. The van der Waals surface area contributed by atoms with Gasteiger partial charge < -0.3 is 0 Å². The highest BCUT2D eigenvalue weighted by atomic mass is 35.5. The summed E-state index contributed by atoms with van der Waals surface area (Å²) in [4.78, 5) is 3.61. The lowest BCUT2D eigenvalue weighted by Crippen LogP contribution is -2.06. The normalized spacial score (nSPS) is 11.8. The van der Waals surface area contributed by atoms with Crippen LogP contribution in [0.3, 0.4) is 0 Å². The third-order valence-electron chi connectivity index (χ3n) is 2.67. The van der Waals surface area contributed by atoms with Crippen LogP contribution in [0.5, 0.6) is 0 Å². The minimum Gasteiger partial charge on any atom is -0.236 e. The van der Waals surface area contributed by atoms with E-state index in [9.17, 15) is 22.0 Å². The molecule has 0 aliphatic carbocycles. The molecule has 0 spiro atoms. The van der Waals surface area contributed by atoms with Crippen LogP contribution in [0.1, 0.15) is 11.1 Å². The molecule has 7 heteroatoms. The van der Waals surface area contributed by atoms with Crippen LogP contribution in [-0.2, 0) is 6.18 Å². The second-order valence-electron chi connectivity index (χ2n) is 4.12. The zero-order valence-corrected chi connectivity index (χ0v) is 10.8. The Morgan fingerprint density at radius 1 is 1.05 bits per heavy atom. The Hall–Kier alpha value is -1.69. The van der Waals surface area contributed by atoms with Gasteiger partial charge in [0, 0.05) is 5.56 Å². The van der Waals surface area contributed by atoms with E-state index in [4.69, 9.17) is 11.6 Å². The van der Waals surface area contributed by atoms with Crippen molar-refractivity contribution < 1.29 is 22.0 Å². The number of aryl methyl sites for hydroxylation is 1. The molecule has 1 heterocycles. The van der Waals surface area contributed by atoms with E-state index in [0.717, 1.165) is 6.07 Å². The van der Waals surface area contributed by atoms with E-state index in [-0.39, 0.29) is 16.8 Å². The van der Waals surface area contributed by atoms with Crippen molar-refractivity contribution in [1.29, 1.82) is 0 Å². The standard InChI is InChI=1S/C13H7ClF5N/c1-6-2-3-8(12(16)11(6)15)9-4-7(13(17,18)19)5-10(14)20-9/h2-5H,1H3. The second kappa shape index (κ2) is 5.01. The first-order valence-electron chi connectivity index (χ1n) is 5.40. The monoisotopic (exact) mass is 307 g/mol. The lowest BCUT2D eigenvalue weighted by Gasteiger charge is -2.10. The van der Waals surface area contributed by atoms with E-state index in [2.05, 4.69) is 4.98 Å². The van der Waals surface area contributed by atoms with Gasteiger partial charge in [-0.15, -0.1) is 0 Å². The molecule has 1 aromatic carbocycles. The molecule has 0 amide bonds. The van der Waals surface area contributed by atoms with E-state index in [1.165, 1.54) is 13.0 Å². The van der Waals surface area contributed by atoms with Gasteiger partial charge in [-0.05, 0) is 30.7 Å². The maximum atomic E-state index is 13.8. The molecule has 0 bridgehead atoms. The molecule has 20 heavy (non-hydrogen) atoms. The highest BCUT2D eigenvalue weighted by Crippen LogP contribution is 2.34. The van der Waals surface area contributed by atoms with E-state index in [1.807, 2.05) is 0 Å². The fourth-order valence-corrected chi connectivity index (χ4v) is 1.85. The van der Waals surface area contributed by atoms with Crippen molar-refractivity contribution >= 4 is 11.6 Å². The van der Waals surface area contributed by atoms with Crippen molar-refractivity contribution in [3.63, 3.8) is 0 Å². The molecule has 0 saturated carbocycles. The van der Waals surface area contributed by atoms with Crippen molar-refractivity contribution in [2.75, 3.05) is 0 Å². The molecule has 0 aliphatic rings. The molecule has 2 aromatic rings. The summed E-state index contributed by atoms with van der Waals surface area (Å²) in [6.45, 7) is 1.34. The predicted molar refractivity (Wildman–Crippen MR) is 64.3 cm³/mol. The van der Waals surface area contributed by atoms with Gasteiger partial charge in [-0.3, -0.25) is 0 Å². The van der Waals surface area contributed by atoms with Crippen molar-refractivity contribution in [3.8, 4) is 11.3 Å². The number of hydrogen-bond donors (Lipinski definition) is 0. The smallest absolute Gasteiger partial charge is 0.236 e. The number of rotatable bonds is 1. The van der Waals surface area contributed by atoms with Gasteiger partial charge in [0.1, 0.15) is 5.15 Å². The van der Waals surface area contributed by atoms with E-state index >= 15 is 0 Å². The number of hydrogen-bond acceptors (Lipinski definition) is 1. The maximum absolute atomic E-state index is 13.8. The van der Waals surface area contributed by atoms with Gasteiger partial charge in [-0.1, -0.05) is 17.7 Å². The van der Waals surface area contributed by atoms with E-state index in [1.54, 1.807) is 0 Å². The van der Waals surface area contributed by atoms with Gasteiger partial charge in [-0.2, -0.15) is 13.2 Å². The Balaban J connectivity index is 2.65. The van der Waals surface area contributed by atoms with Crippen molar-refractivity contribution in [3.05, 3.63) is 52.2 Å². The minimum absolute atomic E-state index is 0.0457. The first-order valence-corrected chi connectivity index (χ1v) is 5.77. The molecule has 0 aliphatic heterocycles. The number of halogens is 6. The number of alkyl halides is 3. The number of nitrogens with zero attached hydrogens (tertiary/aromatic N) is 1. The van der Waals surface area contributed by atoms with Crippen LogP contribution < -0.4 is 0 Å². The molecule has 0 fully saturated rings. The highest BCUT2D eigenvalue weighted by Gasteiger charge is 2.32. The topological polar surface area (TPSA) is 12.9 Å². The number of pyridine rings is 1. The van der Waals surface area contributed by atoms with Gasteiger partial charge in [0.25, 0.3) is 0 Å². The first-order chi connectivity index (χ1) is 9.20. The molecule has 0 unspecified atom stereocenters. The summed E-state index contributed by atoms with van der Waals surface area (Å²) < 4.78 is 65.2. The van der Waals surface area contributed by atoms with Crippen LogP contribution >= 0.6 is 11.6 Å². The van der Waals surface area contributed by atoms with E-state index < -0.39 is 28.5 Å². The Morgan fingerprint density at radius 3 is 2.30 bits per heavy atom. The van der Waals surface area contributed by atoms with E-state index in [0.29, 0.717) is 12.1 Å². The fraction of sp³-hybridized carbons (Fsp3) is 0.154. The molecular weight excluding hydrogens is 301 g/mol. The molecule has 106 valence electrons. The molecule has 2 rings (SSSR count). The third-order valence-corrected chi connectivity index (χ3v) is 2.87. The molecule has 0 saturated heterocycles. The lowest BCUT2D eigenvalue weighted by atomic mass is 10.1. The second-order valence-corrected chi connectivity index (χ2v) is 4.51. The largest absolute Gasteiger partial charge is 0.416 e. The molecule has 0 atom stereocenters. The van der Waals surface area contributed by atoms with Crippen LogP contribution in [0.2, 0.25) is 5.15 Å². The van der Waals surface area contributed by atoms with Gasteiger partial charge >= 0.3 is 6.18 Å². The number of benzene rings is 1. The summed E-state index contributed by atoms with van der Waals surface area (Å²) in [5, 5.41) is -0.449. The zero-order chi connectivity index (χ0) is 15.1. The fourth-order valence-electron chi connectivity index (χ4n) is 1.64. The van der Waals surface area contributed by atoms with Gasteiger partial charge in [0.15, 0.2) is 11.6 Å². The Kier molecular flexibility index (Phi) is 3.69.